The molecule has 0 rings (SSSR count). The van der Waals surface area contributed by atoms with Crippen LogP contribution in [-0.2, 0) is 14.2 Å². The maximum absolute atomic E-state index is 5.39. The summed E-state index contributed by atoms with van der Waals surface area (Å²) in [6.07, 6.45) is 4.39. The van der Waals surface area contributed by atoms with E-state index >= 15 is 0 Å². The minimum Gasteiger partial charge on any atom is -0.382 e. The van der Waals surface area contributed by atoms with Gasteiger partial charge in [-0.1, -0.05) is 33.1 Å². The average molecular weight is 234 g/mol. The maximum atomic E-state index is 5.39. The van der Waals surface area contributed by atoms with Gasteiger partial charge in [-0.15, -0.1) is 0 Å². The Balaban J connectivity index is 0. The third-order valence-electron chi connectivity index (χ3n) is 2.13. The number of unbranched alkanes of at least 4 members (excludes halogenated alkanes) is 2. The highest BCUT2D eigenvalue weighted by Crippen LogP contribution is 1.95. The van der Waals surface area contributed by atoms with Crippen LogP contribution in [0.1, 0.15) is 47.0 Å². The molecular weight excluding hydrogens is 204 g/mol. The van der Waals surface area contributed by atoms with Crippen molar-refractivity contribution in [3.63, 3.8) is 0 Å². The van der Waals surface area contributed by atoms with Crippen molar-refractivity contribution < 1.29 is 14.2 Å². The van der Waals surface area contributed by atoms with Gasteiger partial charge in [0.15, 0.2) is 0 Å². The molecule has 0 bridgehead atoms. The van der Waals surface area contributed by atoms with Crippen LogP contribution in [-0.4, -0.2) is 39.6 Å². The third kappa shape index (κ3) is 16.3. The van der Waals surface area contributed by atoms with Gasteiger partial charge >= 0.3 is 0 Å². The average Bonchev–Trinajstić information content (AvgIpc) is 2.28. The standard InChI is InChI=1S/C8H18O3.C5H12/c1-7(10-4)6-11-8(2)5-9-3;1-3-5-4-2/h7-8H,5-6H2,1-4H3;3-5H2,1-2H3. The Morgan fingerprint density at radius 3 is 1.75 bits per heavy atom. The van der Waals surface area contributed by atoms with E-state index in [1.165, 1.54) is 19.3 Å². The van der Waals surface area contributed by atoms with Crippen molar-refractivity contribution in [2.45, 2.75) is 59.2 Å². The highest BCUT2D eigenvalue weighted by Gasteiger charge is 2.04. The SMILES string of the molecule is CCCCC.COCC(C)OCC(C)OC. The van der Waals surface area contributed by atoms with Crippen LogP contribution < -0.4 is 0 Å². The lowest BCUT2D eigenvalue weighted by atomic mass is 10.3. The predicted octanol–water partition coefficient (Wildman–Crippen LogP) is 3.27. The van der Waals surface area contributed by atoms with Crippen molar-refractivity contribution in [1.29, 1.82) is 0 Å². The molecule has 2 atom stereocenters. The Bertz CT molecular complexity index is 116. The second-order valence-electron chi connectivity index (χ2n) is 4.00. The largest absolute Gasteiger partial charge is 0.382 e. The lowest BCUT2D eigenvalue weighted by Gasteiger charge is -2.14. The smallest absolute Gasteiger partial charge is 0.0781 e. The number of hydrogen-bond donors (Lipinski definition) is 0. The van der Waals surface area contributed by atoms with E-state index in [0.29, 0.717) is 13.2 Å². The van der Waals surface area contributed by atoms with Crippen LogP contribution in [0.5, 0.6) is 0 Å². The number of ether oxygens (including phenoxy) is 3. The summed E-state index contributed by atoms with van der Waals surface area (Å²) in [5, 5.41) is 0. The highest BCUT2D eigenvalue weighted by atomic mass is 16.5. The molecule has 0 saturated carbocycles. The van der Waals surface area contributed by atoms with E-state index in [2.05, 4.69) is 13.8 Å². The van der Waals surface area contributed by atoms with Gasteiger partial charge in [0.25, 0.3) is 0 Å². The zero-order chi connectivity index (χ0) is 12.8. The number of methoxy groups -OCH3 is 2. The third-order valence-corrected chi connectivity index (χ3v) is 2.13. The molecule has 3 heteroatoms. The van der Waals surface area contributed by atoms with Crippen LogP contribution in [0.4, 0.5) is 0 Å². The van der Waals surface area contributed by atoms with Gasteiger partial charge in [-0.05, 0) is 13.8 Å². The lowest BCUT2D eigenvalue weighted by Crippen LogP contribution is -2.21. The fourth-order valence-corrected chi connectivity index (χ4v) is 1.00. The van der Waals surface area contributed by atoms with Gasteiger partial charge in [0.2, 0.25) is 0 Å². The molecule has 0 aliphatic rings. The molecule has 100 valence electrons. The van der Waals surface area contributed by atoms with E-state index in [-0.39, 0.29) is 12.2 Å². The molecule has 0 radical (unpaired) electrons. The zero-order valence-corrected chi connectivity index (χ0v) is 11.9. The molecule has 0 aliphatic heterocycles. The Morgan fingerprint density at radius 2 is 1.44 bits per heavy atom. The fraction of sp³-hybridized carbons (Fsp3) is 1.00. The summed E-state index contributed by atoms with van der Waals surface area (Å²) < 4.78 is 15.3. The van der Waals surface area contributed by atoms with E-state index < -0.39 is 0 Å². The first-order valence-electron chi connectivity index (χ1n) is 6.25. The molecule has 0 N–H and O–H groups in total. The molecule has 0 aromatic rings. The molecule has 0 amide bonds. The molecule has 2 unspecified atom stereocenters. The summed E-state index contributed by atoms with van der Waals surface area (Å²) in [7, 11) is 3.34. The zero-order valence-electron chi connectivity index (χ0n) is 11.9. The van der Waals surface area contributed by atoms with Crippen molar-refractivity contribution in [2.75, 3.05) is 27.4 Å². The first-order chi connectivity index (χ1) is 7.62. The second-order valence-corrected chi connectivity index (χ2v) is 4.00. The molecule has 0 heterocycles. The van der Waals surface area contributed by atoms with Gasteiger partial charge in [0.05, 0.1) is 25.4 Å². The molecule has 0 aliphatic carbocycles. The monoisotopic (exact) mass is 234 g/mol. The van der Waals surface area contributed by atoms with Gasteiger partial charge in [-0.3, -0.25) is 0 Å². The van der Waals surface area contributed by atoms with Crippen LogP contribution in [0.2, 0.25) is 0 Å². The van der Waals surface area contributed by atoms with E-state index in [9.17, 15) is 0 Å². The summed E-state index contributed by atoms with van der Waals surface area (Å²) >= 11 is 0. The lowest BCUT2D eigenvalue weighted by molar-refractivity contribution is -0.0386. The minimum absolute atomic E-state index is 0.151. The first-order valence-corrected chi connectivity index (χ1v) is 6.25. The van der Waals surface area contributed by atoms with Gasteiger partial charge in [0, 0.05) is 14.2 Å². The molecule has 0 saturated heterocycles. The molecule has 0 aromatic heterocycles. The predicted molar refractivity (Wildman–Crippen MR) is 69.0 cm³/mol. The summed E-state index contributed by atoms with van der Waals surface area (Å²) in [4.78, 5) is 0. The molecule has 16 heavy (non-hydrogen) atoms. The fourth-order valence-electron chi connectivity index (χ4n) is 1.00. The number of rotatable bonds is 8. The van der Waals surface area contributed by atoms with Crippen LogP contribution in [0.25, 0.3) is 0 Å². The Morgan fingerprint density at radius 1 is 0.875 bits per heavy atom. The topological polar surface area (TPSA) is 27.7 Å². The summed E-state index contributed by atoms with van der Waals surface area (Å²) in [6, 6.07) is 0. The second kappa shape index (κ2) is 14.9. The Labute approximate surface area is 101 Å². The van der Waals surface area contributed by atoms with E-state index in [1.54, 1.807) is 14.2 Å². The molecule has 3 nitrogen and oxygen atoms in total. The van der Waals surface area contributed by atoms with E-state index in [4.69, 9.17) is 14.2 Å². The number of hydrogen-bond acceptors (Lipinski definition) is 3. The van der Waals surface area contributed by atoms with Crippen LogP contribution in [0.15, 0.2) is 0 Å². The summed E-state index contributed by atoms with van der Waals surface area (Å²) in [5.74, 6) is 0. The molecular formula is C13H30O3. The molecule has 0 spiro atoms. The van der Waals surface area contributed by atoms with Gasteiger partial charge < -0.3 is 14.2 Å². The Kier molecular flexibility index (Phi) is 17.0. The van der Waals surface area contributed by atoms with Gasteiger partial charge in [-0.2, -0.15) is 0 Å². The van der Waals surface area contributed by atoms with Crippen LogP contribution in [0, 0.1) is 0 Å². The summed E-state index contributed by atoms with van der Waals surface area (Å²) in [6.45, 7) is 9.63. The first kappa shape index (κ1) is 18.3. The van der Waals surface area contributed by atoms with Crippen LogP contribution in [0.3, 0.4) is 0 Å². The maximum Gasteiger partial charge on any atom is 0.0781 e. The van der Waals surface area contributed by atoms with Crippen LogP contribution >= 0.6 is 0 Å². The van der Waals surface area contributed by atoms with Crippen molar-refractivity contribution in [1.82, 2.24) is 0 Å². The Hall–Kier alpha value is -0.120. The molecule has 0 fully saturated rings. The highest BCUT2D eigenvalue weighted by molar-refractivity contribution is 4.50. The van der Waals surface area contributed by atoms with Crippen molar-refractivity contribution in [3.05, 3.63) is 0 Å². The quantitative estimate of drug-likeness (QED) is 0.645. The normalized spacial score (nSPS) is 13.9. The van der Waals surface area contributed by atoms with Gasteiger partial charge in [0.1, 0.15) is 0 Å². The van der Waals surface area contributed by atoms with Gasteiger partial charge in [-0.25, -0.2) is 0 Å². The van der Waals surface area contributed by atoms with E-state index in [0.717, 1.165) is 0 Å². The van der Waals surface area contributed by atoms with Crippen molar-refractivity contribution >= 4 is 0 Å². The molecule has 0 aromatic carbocycles. The van der Waals surface area contributed by atoms with Crippen molar-refractivity contribution in [3.8, 4) is 0 Å². The van der Waals surface area contributed by atoms with Crippen molar-refractivity contribution in [2.24, 2.45) is 0 Å². The summed E-state index contributed by atoms with van der Waals surface area (Å²) in [5.41, 5.74) is 0. The van der Waals surface area contributed by atoms with E-state index in [1.807, 2.05) is 13.8 Å². The minimum atomic E-state index is 0.151.